The Hall–Kier alpha value is -1.36. The van der Waals surface area contributed by atoms with Crippen LogP contribution in [0.25, 0.3) is 6.08 Å². The van der Waals surface area contributed by atoms with Crippen LogP contribution in [0, 0.1) is 5.41 Å². The van der Waals surface area contributed by atoms with E-state index in [1.165, 1.54) is 0 Å². The van der Waals surface area contributed by atoms with Gasteiger partial charge in [-0.3, -0.25) is 0 Å². The molecular weight excluding hydrogens is 340 g/mol. The summed E-state index contributed by atoms with van der Waals surface area (Å²) in [6.07, 6.45) is 8.01. The Labute approximate surface area is 160 Å². The molecule has 0 fully saturated rings. The summed E-state index contributed by atoms with van der Waals surface area (Å²) in [5.41, 5.74) is 0.777. The van der Waals surface area contributed by atoms with Gasteiger partial charge in [0.15, 0.2) is 8.32 Å². The number of ether oxygens (including phenoxy) is 1. The molecule has 0 amide bonds. The van der Waals surface area contributed by atoms with E-state index in [-0.39, 0.29) is 23.2 Å². The highest BCUT2D eigenvalue weighted by Crippen LogP contribution is 2.39. The second-order valence-corrected chi connectivity index (χ2v) is 13.7. The molecule has 1 rings (SSSR count). The number of methoxy groups -OCH3 is 1. The molecule has 0 radical (unpaired) electrons. The molecule has 0 bridgehead atoms. The number of allylic oxidation sites excluding steroid dienone is 2. The number of aliphatic hydroxyl groups is 1. The summed E-state index contributed by atoms with van der Waals surface area (Å²) in [6.45, 7) is 15.4. The summed E-state index contributed by atoms with van der Waals surface area (Å²) in [5.74, 6) is 0.852. The summed E-state index contributed by atoms with van der Waals surface area (Å²) >= 11 is 0. The van der Waals surface area contributed by atoms with Crippen molar-refractivity contribution in [1.82, 2.24) is 0 Å². The molecule has 0 aliphatic heterocycles. The summed E-state index contributed by atoms with van der Waals surface area (Å²) in [4.78, 5) is 0. The van der Waals surface area contributed by atoms with Crippen LogP contribution in [0.1, 0.15) is 40.2 Å². The summed E-state index contributed by atoms with van der Waals surface area (Å²) in [7, 11) is -0.263. The number of hydrogen-bond donors (Lipinski definition) is 1. The zero-order valence-electron chi connectivity index (χ0n) is 17.7. The molecule has 0 heterocycles. The van der Waals surface area contributed by atoms with E-state index in [1.54, 1.807) is 7.11 Å². The fourth-order valence-corrected chi connectivity index (χ4v) is 3.48. The fraction of sp³-hybridized carbons (Fsp3) is 0.545. The lowest BCUT2D eigenvalue weighted by molar-refractivity contribution is 0.0452. The molecule has 3 nitrogen and oxygen atoms in total. The van der Waals surface area contributed by atoms with Crippen molar-refractivity contribution in [2.75, 3.05) is 13.7 Å². The second kappa shape index (κ2) is 9.02. The lowest BCUT2D eigenvalue weighted by Crippen LogP contribution is -2.48. The smallest absolute Gasteiger partial charge is 0.192 e. The van der Waals surface area contributed by atoms with E-state index in [4.69, 9.17) is 9.16 Å². The van der Waals surface area contributed by atoms with Crippen molar-refractivity contribution in [2.24, 2.45) is 5.41 Å². The monoisotopic (exact) mass is 376 g/mol. The van der Waals surface area contributed by atoms with Gasteiger partial charge in [-0.2, -0.15) is 0 Å². The van der Waals surface area contributed by atoms with E-state index in [0.29, 0.717) is 0 Å². The predicted molar refractivity (Wildman–Crippen MR) is 114 cm³/mol. The first-order chi connectivity index (χ1) is 11.9. The normalized spacial score (nSPS) is 15.0. The lowest BCUT2D eigenvalue weighted by Gasteiger charge is -2.42. The topological polar surface area (TPSA) is 38.7 Å². The van der Waals surface area contributed by atoms with Crippen LogP contribution in [0.2, 0.25) is 18.1 Å². The largest absolute Gasteiger partial charge is 0.497 e. The van der Waals surface area contributed by atoms with E-state index in [0.717, 1.165) is 11.3 Å². The Kier molecular flexibility index (Phi) is 7.87. The Bertz CT molecular complexity index is 607. The van der Waals surface area contributed by atoms with Gasteiger partial charge in [0, 0.05) is 5.41 Å². The number of benzene rings is 1. The molecule has 26 heavy (non-hydrogen) atoms. The summed E-state index contributed by atoms with van der Waals surface area (Å²) < 4.78 is 11.8. The van der Waals surface area contributed by atoms with Gasteiger partial charge in [0.05, 0.1) is 19.8 Å². The quantitative estimate of drug-likeness (QED) is 0.469. The van der Waals surface area contributed by atoms with Gasteiger partial charge < -0.3 is 14.3 Å². The molecule has 0 aliphatic carbocycles. The molecule has 0 saturated carbocycles. The molecule has 4 heteroatoms. The minimum absolute atomic E-state index is 0.0822. The van der Waals surface area contributed by atoms with Gasteiger partial charge in [-0.05, 0) is 35.8 Å². The Balaban J connectivity index is 2.91. The lowest BCUT2D eigenvalue weighted by atomic mass is 9.87. The third kappa shape index (κ3) is 6.42. The van der Waals surface area contributed by atoms with E-state index in [2.05, 4.69) is 39.9 Å². The first-order valence-electron chi connectivity index (χ1n) is 9.20. The molecule has 1 aromatic carbocycles. The molecule has 0 saturated heterocycles. The minimum atomic E-state index is -1.93. The molecule has 1 atom stereocenters. The molecule has 0 spiro atoms. The third-order valence-electron chi connectivity index (χ3n) is 5.21. The maximum Gasteiger partial charge on any atom is 0.192 e. The van der Waals surface area contributed by atoms with Gasteiger partial charge in [0.25, 0.3) is 0 Å². The van der Waals surface area contributed by atoms with Gasteiger partial charge in [-0.1, -0.05) is 71.1 Å². The molecule has 1 aromatic rings. The van der Waals surface area contributed by atoms with Gasteiger partial charge in [-0.25, -0.2) is 0 Å². The Morgan fingerprint density at radius 1 is 1.04 bits per heavy atom. The predicted octanol–water partition coefficient (Wildman–Crippen LogP) is 5.67. The third-order valence-corrected chi connectivity index (χ3v) is 9.66. The van der Waals surface area contributed by atoms with Gasteiger partial charge in [-0.15, -0.1) is 0 Å². The fourth-order valence-electron chi connectivity index (χ4n) is 2.09. The minimum Gasteiger partial charge on any atom is -0.497 e. The zero-order chi connectivity index (χ0) is 20.0. The highest BCUT2D eigenvalue weighted by Gasteiger charge is 2.41. The van der Waals surface area contributed by atoms with Crippen LogP contribution in [0.4, 0.5) is 0 Å². The van der Waals surface area contributed by atoms with Crippen molar-refractivity contribution in [3.05, 3.63) is 48.1 Å². The number of aliphatic hydroxyl groups excluding tert-OH is 1. The number of rotatable bonds is 8. The Morgan fingerprint density at radius 2 is 1.62 bits per heavy atom. The molecular formula is C22H36O3Si. The standard InChI is InChI=1S/C22H36O3Si/c1-21(2,3)26(7,8)25-20(22(4,5)17-23)12-10-9-11-18-13-15-19(24-6)16-14-18/h9-16,20,23H,17H2,1-8H3/b11-9+,12-10+. The highest BCUT2D eigenvalue weighted by atomic mass is 28.4. The van der Waals surface area contributed by atoms with Crippen molar-refractivity contribution in [2.45, 2.75) is 58.9 Å². The average Bonchev–Trinajstić information content (AvgIpc) is 2.56. The molecule has 146 valence electrons. The van der Waals surface area contributed by atoms with Crippen LogP contribution in [0.5, 0.6) is 5.75 Å². The van der Waals surface area contributed by atoms with Crippen LogP contribution < -0.4 is 4.74 Å². The summed E-state index contributed by atoms with van der Waals surface area (Å²) in [6, 6.07) is 7.93. The van der Waals surface area contributed by atoms with Crippen LogP contribution in [0.3, 0.4) is 0 Å². The second-order valence-electron chi connectivity index (χ2n) is 8.96. The van der Waals surface area contributed by atoms with Crippen molar-refractivity contribution in [3.8, 4) is 5.75 Å². The maximum atomic E-state index is 9.82. The first kappa shape index (κ1) is 22.7. The van der Waals surface area contributed by atoms with E-state index in [1.807, 2.05) is 56.3 Å². The van der Waals surface area contributed by atoms with Gasteiger partial charge >= 0.3 is 0 Å². The molecule has 1 N–H and O–H groups in total. The van der Waals surface area contributed by atoms with Crippen molar-refractivity contribution < 1.29 is 14.3 Å². The van der Waals surface area contributed by atoms with Crippen LogP contribution in [-0.2, 0) is 4.43 Å². The molecule has 0 aromatic heterocycles. The van der Waals surface area contributed by atoms with E-state index in [9.17, 15) is 5.11 Å². The number of hydrogen-bond acceptors (Lipinski definition) is 3. The van der Waals surface area contributed by atoms with E-state index >= 15 is 0 Å². The van der Waals surface area contributed by atoms with Crippen LogP contribution >= 0.6 is 0 Å². The van der Waals surface area contributed by atoms with Crippen molar-refractivity contribution in [3.63, 3.8) is 0 Å². The van der Waals surface area contributed by atoms with Crippen LogP contribution in [-0.4, -0.2) is 33.2 Å². The molecule has 1 unspecified atom stereocenters. The van der Waals surface area contributed by atoms with E-state index < -0.39 is 8.32 Å². The Morgan fingerprint density at radius 3 is 2.08 bits per heavy atom. The van der Waals surface area contributed by atoms with Crippen molar-refractivity contribution >= 4 is 14.4 Å². The van der Waals surface area contributed by atoms with Gasteiger partial charge in [0.2, 0.25) is 0 Å². The average molecular weight is 377 g/mol. The maximum absolute atomic E-state index is 9.82. The van der Waals surface area contributed by atoms with Crippen LogP contribution in [0.15, 0.2) is 42.5 Å². The highest BCUT2D eigenvalue weighted by molar-refractivity contribution is 6.74. The SMILES string of the molecule is COc1ccc(/C=C/C=C/C(O[Si](C)(C)C(C)(C)C)C(C)(C)CO)cc1. The van der Waals surface area contributed by atoms with Crippen molar-refractivity contribution in [1.29, 1.82) is 0 Å². The zero-order valence-corrected chi connectivity index (χ0v) is 18.7. The first-order valence-corrected chi connectivity index (χ1v) is 12.1. The molecule has 0 aliphatic rings. The summed E-state index contributed by atoms with van der Waals surface area (Å²) in [5, 5.41) is 9.95. The van der Waals surface area contributed by atoms with Gasteiger partial charge in [0.1, 0.15) is 5.75 Å².